The largest absolute Gasteiger partial charge is 0.382 e. The molecule has 1 N–H and O–H groups in total. The molecule has 0 saturated carbocycles. The number of ether oxygens (including phenoxy) is 1. The summed E-state index contributed by atoms with van der Waals surface area (Å²) in [6.45, 7) is 5.80. The van der Waals surface area contributed by atoms with E-state index in [9.17, 15) is 9.59 Å². The van der Waals surface area contributed by atoms with Crippen LogP contribution in [0.5, 0.6) is 0 Å². The van der Waals surface area contributed by atoms with Crippen LogP contribution in [0.4, 0.5) is 0 Å². The van der Waals surface area contributed by atoms with Gasteiger partial charge in [0.1, 0.15) is 5.56 Å². The molecular weight excluding hydrogens is 372 g/mol. The van der Waals surface area contributed by atoms with Gasteiger partial charge in [0.05, 0.1) is 5.52 Å². The molecule has 3 rings (SSSR count). The quantitative estimate of drug-likeness (QED) is 0.768. The number of aromatic nitrogens is 1. The van der Waals surface area contributed by atoms with E-state index in [1.54, 1.807) is 6.20 Å². The number of carbonyl (C=O) groups excluding carboxylic acids is 1. The summed E-state index contributed by atoms with van der Waals surface area (Å²) in [6.07, 6.45) is 3.31. The maximum Gasteiger partial charge on any atom is 0.256 e. The molecule has 0 unspecified atom stereocenters. The van der Waals surface area contributed by atoms with Gasteiger partial charge in [-0.2, -0.15) is 0 Å². The Kier molecular flexibility index (Phi) is 5.06. The Hall–Kier alpha value is -1.66. The first-order valence-electron chi connectivity index (χ1n) is 8.26. The highest BCUT2D eigenvalue weighted by Crippen LogP contribution is 2.33. The van der Waals surface area contributed by atoms with Gasteiger partial charge in [-0.15, -0.1) is 0 Å². The molecule has 2 heterocycles. The molecule has 5 nitrogen and oxygen atoms in total. The molecule has 128 valence electrons. The van der Waals surface area contributed by atoms with Gasteiger partial charge in [-0.3, -0.25) is 9.59 Å². The minimum atomic E-state index is -0.317. The van der Waals surface area contributed by atoms with E-state index < -0.39 is 0 Å². The zero-order valence-corrected chi connectivity index (χ0v) is 15.5. The van der Waals surface area contributed by atoms with Crippen LogP contribution >= 0.6 is 15.9 Å². The molecule has 1 aromatic carbocycles. The van der Waals surface area contributed by atoms with E-state index in [0.717, 1.165) is 28.4 Å². The summed E-state index contributed by atoms with van der Waals surface area (Å²) in [6, 6.07) is 4.10. The van der Waals surface area contributed by atoms with E-state index in [1.165, 1.54) is 0 Å². The second kappa shape index (κ2) is 7.07. The number of benzene rings is 1. The molecule has 0 radical (unpaired) electrons. The van der Waals surface area contributed by atoms with E-state index >= 15 is 0 Å². The van der Waals surface area contributed by atoms with Gasteiger partial charge in [0.25, 0.3) is 5.91 Å². The van der Waals surface area contributed by atoms with Crippen LogP contribution < -0.4 is 10.7 Å². The Morgan fingerprint density at radius 2 is 2.25 bits per heavy atom. The number of nitrogens with zero attached hydrogens (tertiary/aromatic N) is 1. The van der Waals surface area contributed by atoms with Crippen molar-refractivity contribution in [3.8, 4) is 0 Å². The summed E-state index contributed by atoms with van der Waals surface area (Å²) in [7, 11) is 0. The number of hydrogen-bond acceptors (Lipinski definition) is 3. The molecular formula is C18H21BrN2O3. The van der Waals surface area contributed by atoms with Crippen LogP contribution in [0.1, 0.15) is 42.2 Å². The average Bonchev–Trinajstić information content (AvgIpc) is 2.85. The van der Waals surface area contributed by atoms with Crippen molar-refractivity contribution in [1.82, 2.24) is 9.88 Å². The maximum atomic E-state index is 12.8. The Morgan fingerprint density at radius 3 is 3.00 bits per heavy atom. The van der Waals surface area contributed by atoms with Crippen molar-refractivity contribution < 1.29 is 9.53 Å². The summed E-state index contributed by atoms with van der Waals surface area (Å²) in [4.78, 5) is 25.2. The van der Waals surface area contributed by atoms with Crippen LogP contribution in [0.25, 0.3) is 10.9 Å². The summed E-state index contributed by atoms with van der Waals surface area (Å²) in [5, 5.41) is 3.42. The molecule has 0 spiro atoms. The van der Waals surface area contributed by atoms with Gasteiger partial charge in [-0.1, -0.05) is 15.9 Å². The normalized spacial score (nSPS) is 15.9. The first-order valence-corrected chi connectivity index (χ1v) is 9.05. The number of rotatable bonds is 6. The van der Waals surface area contributed by atoms with Crippen molar-refractivity contribution in [2.75, 3.05) is 19.8 Å². The number of nitrogens with one attached hydrogen (secondary N) is 1. The fraction of sp³-hybridized carbons (Fsp3) is 0.444. The molecule has 0 fully saturated rings. The predicted octanol–water partition coefficient (Wildman–Crippen LogP) is 3.04. The minimum absolute atomic E-state index is 0.205. The van der Waals surface area contributed by atoms with Crippen LogP contribution in [0.15, 0.2) is 27.6 Å². The van der Waals surface area contributed by atoms with Gasteiger partial charge in [0, 0.05) is 41.9 Å². The number of pyridine rings is 1. The van der Waals surface area contributed by atoms with Crippen molar-refractivity contribution in [2.45, 2.75) is 32.7 Å². The lowest BCUT2D eigenvalue weighted by atomic mass is 10.1. The number of halogens is 1. The van der Waals surface area contributed by atoms with Gasteiger partial charge in [-0.05, 0) is 44.4 Å². The third-order valence-electron chi connectivity index (χ3n) is 4.36. The highest BCUT2D eigenvalue weighted by Gasteiger charge is 2.25. The van der Waals surface area contributed by atoms with Crippen molar-refractivity contribution >= 4 is 32.7 Å². The van der Waals surface area contributed by atoms with Crippen molar-refractivity contribution in [3.63, 3.8) is 0 Å². The van der Waals surface area contributed by atoms with Crippen LogP contribution in [0.2, 0.25) is 0 Å². The minimum Gasteiger partial charge on any atom is -0.382 e. The smallest absolute Gasteiger partial charge is 0.256 e. The number of hydrogen-bond donors (Lipinski definition) is 1. The zero-order valence-electron chi connectivity index (χ0n) is 13.9. The Labute approximate surface area is 149 Å². The molecule has 24 heavy (non-hydrogen) atoms. The van der Waals surface area contributed by atoms with Crippen LogP contribution in [-0.2, 0) is 11.2 Å². The number of carbonyl (C=O) groups is 1. The average molecular weight is 393 g/mol. The molecule has 2 aromatic rings. The monoisotopic (exact) mass is 392 g/mol. The van der Waals surface area contributed by atoms with E-state index in [4.69, 9.17) is 4.74 Å². The highest BCUT2D eigenvalue weighted by atomic mass is 79.9. The van der Waals surface area contributed by atoms with Crippen molar-refractivity contribution in [2.24, 2.45) is 0 Å². The molecule has 1 aliphatic rings. The molecule has 1 aromatic heterocycles. The summed E-state index contributed by atoms with van der Waals surface area (Å²) in [5.41, 5.74) is 2.09. The first kappa shape index (κ1) is 17.2. The van der Waals surface area contributed by atoms with Gasteiger partial charge >= 0.3 is 0 Å². The molecule has 0 saturated heterocycles. The molecule has 1 aliphatic heterocycles. The second-order valence-corrected chi connectivity index (χ2v) is 7.02. The first-order chi connectivity index (χ1) is 11.5. The van der Waals surface area contributed by atoms with Crippen molar-refractivity contribution in [1.29, 1.82) is 0 Å². The maximum absolute atomic E-state index is 12.8. The third kappa shape index (κ3) is 3.13. The molecule has 0 bridgehead atoms. The molecule has 1 amide bonds. The molecule has 6 heteroatoms. The van der Waals surface area contributed by atoms with Gasteiger partial charge in [0.2, 0.25) is 5.43 Å². The Morgan fingerprint density at radius 1 is 1.46 bits per heavy atom. The summed E-state index contributed by atoms with van der Waals surface area (Å²) >= 11 is 3.47. The van der Waals surface area contributed by atoms with Crippen molar-refractivity contribution in [3.05, 3.63) is 44.2 Å². The van der Waals surface area contributed by atoms with E-state index in [2.05, 4.69) is 34.2 Å². The van der Waals surface area contributed by atoms with Gasteiger partial charge < -0.3 is 14.6 Å². The second-order valence-electron chi connectivity index (χ2n) is 6.10. The lowest BCUT2D eigenvalue weighted by molar-refractivity contribution is 0.0942. The Balaban J connectivity index is 1.92. The van der Waals surface area contributed by atoms with Gasteiger partial charge in [0.15, 0.2) is 0 Å². The van der Waals surface area contributed by atoms with Crippen LogP contribution in [0, 0.1) is 0 Å². The van der Waals surface area contributed by atoms with E-state index in [-0.39, 0.29) is 22.9 Å². The number of amides is 1. The van der Waals surface area contributed by atoms with Crippen LogP contribution in [0.3, 0.4) is 0 Å². The molecule has 1 atom stereocenters. The zero-order chi connectivity index (χ0) is 17.3. The fourth-order valence-corrected chi connectivity index (χ4v) is 3.74. The summed E-state index contributed by atoms with van der Waals surface area (Å²) in [5.74, 6) is -0.317. The Bertz CT molecular complexity index is 844. The topological polar surface area (TPSA) is 60.3 Å². The standard InChI is InChI=1S/C18H21BrN2O3/c1-3-24-6-4-5-20-18(23)15-10-21-11(2)7-12-8-13(19)9-14(16(12)21)17(15)22/h8-11H,3-7H2,1-2H3,(H,20,23)/t11-/m0/s1. The highest BCUT2D eigenvalue weighted by molar-refractivity contribution is 9.10. The van der Waals surface area contributed by atoms with Crippen LogP contribution in [-0.4, -0.2) is 30.2 Å². The summed E-state index contributed by atoms with van der Waals surface area (Å²) < 4.78 is 8.17. The van der Waals surface area contributed by atoms with E-state index in [0.29, 0.717) is 25.1 Å². The lowest BCUT2D eigenvalue weighted by Gasteiger charge is -2.13. The third-order valence-corrected chi connectivity index (χ3v) is 4.82. The predicted molar refractivity (Wildman–Crippen MR) is 97.8 cm³/mol. The van der Waals surface area contributed by atoms with E-state index in [1.807, 2.05) is 17.6 Å². The SMILES string of the molecule is CCOCCCNC(=O)c1cn2c3c(cc(Br)cc3c1=O)C[C@@H]2C. The van der Waals surface area contributed by atoms with Gasteiger partial charge in [-0.25, -0.2) is 0 Å². The fourth-order valence-electron chi connectivity index (χ4n) is 3.24. The molecule has 0 aliphatic carbocycles. The lowest BCUT2D eigenvalue weighted by Crippen LogP contribution is -2.31.